The first-order valence-electron chi connectivity index (χ1n) is 10.0. The molecule has 0 aliphatic rings. The molecule has 160 valence electrons. The lowest BCUT2D eigenvalue weighted by Gasteiger charge is -2.14. The fourth-order valence-corrected chi connectivity index (χ4v) is 2.96. The summed E-state index contributed by atoms with van der Waals surface area (Å²) in [5.74, 6) is 1.80. The van der Waals surface area contributed by atoms with Crippen molar-refractivity contribution in [3.8, 4) is 11.5 Å². The van der Waals surface area contributed by atoms with Gasteiger partial charge in [-0.3, -0.25) is 5.43 Å². The number of nitrogens with one attached hydrogen (secondary N) is 1. The standard InChI is InChI=1S/C25H21ClN4O2/c26-24-13-14-25(30-28-24)29-27-16-21-11-12-22(31-17-19-7-3-1-4-8-19)23(15-21)32-18-20-9-5-2-6-10-20/h1-16H,17-18H2,(H,29,30). The molecule has 0 radical (unpaired) electrons. The zero-order valence-electron chi connectivity index (χ0n) is 17.2. The summed E-state index contributed by atoms with van der Waals surface area (Å²) in [6, 6.07) is 29.0. The van der Waals surface area contributed by atoms with Crippen molar-refractivity contribution in [3.63, 3.8) is 0 Å². The van der Waals surface area contributed by atoms with Crippen LogP contribution in [0.25, 0.3) is 0 Å². The normalized spacial score (nSPS) is 10.8. The number of hydrogen-bond acceptors (Lipinski definition) is 6. The Labute approximate surface area is 191 Å². The SMILES string of the molecule is Clc1ccc(NN=Cc2ccc(OCc3ccccc3)c(OCc3ccccc3)c2)nn1. The van der Waals surface area contributed by atoms with Crippen LogP contribution in [0.5, 0.6) is 11.5 Å². The Balaban J connectivity index is 1.48. The second-order valence-corrected chi connectivity index (χ2v) is 7.25. The maximum atomic E-state index is 6.09. The van der Waals surface area contributed by atoms with Gasteiger partial charge in [-0.05, 0) is 47.0 Å². The number of halogens is 1. The molecule has 0 atom stereocenters. The molecular weight excluding hydrogens is 424 g/mol. The molecule has 0 unspecified atom stereocenters. The Hall–Kier alpha value is -3.90. The summed E-state index contributed by atoms with van der Waals surface area (Å²) in [5.41, 5.74) is 5.82. The van der Waals surface area contributed by atoms with Crippen LogP contribution in [0.15, 0.2) is 96.1 Å². The van der Waals surface area contributed by atoms with Crippen LogP contribution in [0, 0.1) is 0 Å². The summed E-state index contributed by atoms with van der Waals surface area (Å²) < 4.78 is 12.1. The van der Waals surface area contributed by atoms with E-state index in [9.17, 15) is 0 Å². The van der Waals surface area contributed by atoms with E-state index in [1.807, 2.05) is 78.9 Å². The molecule has 0 saturated carbocycles. The number of aromatic nitrogens is 2. The number of nitrogens with zero attached hydrogens (tertiary/aromatic N) is 3. The first kappa shape index (κ1) is 21.3. The molecule has 0 aliphatic carbocycles. The molecule has 4 aromatic rings. The largest absolute Gasteiger partial charge is 0.485 e. The predicted molar refractivity (Wildman–Crippen MR) is 126 cm³/mol. The smallest absolute Gasteiger partial charge is 0.168 e. The van der Waals surface area contributed by atoms with Crippen LogP contribution in [0.4, 0.5) is 5.82 Å². The quantitative estimate of drug-likeness (QED) is 0.263. The average molecular weight is 445 g/mol. The van der Waals surface area contributed by atoms with E-state index in [0.29, 0.717) is 35.7 Å². The first-order chi connectivity index (χ1) is 15.8. The maximum absolute atomic E-state index is 6.09. The third-order valence-corrected chi connectivity index (χ3v) is 4.67. The van der Waals surface area contributed by atoms with Gasteiger partial charge in [0.1, 0.15) is 13.2 Å². The molecule has 0 fully saturated rings. The van der Waals surface area contributed by atoms with E-state index in [-0.39, 0.29) is 0 Å². The third-order valence-electron chi connectivity index (χ3n) is 4.47. The molecule has 0 amide bonds. The Morgan fingerprint density at radius 2 is 1.41 bits per heavy atom. The lowest BCUT2D eigenvalue weighted by molar-refractivity contribution is 0.256. The molecular formula is C25H21ClN4O2. The molecule has 1 heterocycles. The molecule has 7 heteroatoms. The van der Waals surface area contributed by atoms with Crippen molar-refractivity contribution in [1.82, 2.24) is 10.2 Å². The number of rotatable bonds is 9. The monoisotopic (exact) mass is 444 g/mol. The van der Waals surface area contributed by atoms with Crippen molar-refractivity contribution in [2.45, 2.75) is 13.2 Å². The van der Waals surface area contributed by atoms with E-state index in [2.05, 4.69) is 20.7 Å². The molecule has 32 heavy (non-hydrogen) atoms. The van der Waals surface area contributed by atoms with E-state index in [1.165, 1.54) is 0 Å². The number of ether oxygens (including phenoxy) is 2. The molecule has 4 rings (SSSR count). The molecule has 6 nitrogen and oxygen atoms in total. The summed E-state index contributed by atoms with van der Waals surface area (Å²) in [5, 5.41) is 12.2. The second-order valence-electron chi connectivity index (χ2n) is 6.87. The van der Waals surface area contributed by atoms with Gasteiger partial charge in [-0.25, -0.2) is 0 Å². The Morgan fingerprint density at radius 1 is 0.750 bits per heavy atom. The minimum Gasteiger partial charge on any atom is -0.485 e. The summed E-state index contributed by atoms with van der Waals surface area (Å²) in [4.78, 5) is 0. The number of hydrazone groups is 1. The molecule has 0 saturated heterocycles. The van der Waals surface area contributed by atoms with Crippen molar-refractivity contribution >= 4 is 23.6 Å². The lowest BCUT2D eigenvalue weighted by atomic mass is 10.2. The Morgan fingerprint density at radius 3 is 2.03 bits per heavy atom. The highest BCUT2D eigenvalue weighted by atomic mass is 35.5. The molecule has 3 aromatic carbocycles. The van der Waals surface area contributed by atoms with Gasteiger partial charge in [0.15, 0.2) is 22.5 Å². The van der Waals surface area contributed by atoms with Crippen molar-refractivity contribution < 1.29 is 9.47 Å². The van der Waals surface area contributed by atoms with E-state index in [1.54, 1.807) is 18.3 Å². The summed E-state index contributed by atoms with van der Waals surface area (Å²) in [7, 11) is 0. The van der Waals surface area contributed by atoms with Crippen molar-refractivity contribution in [1.29, 1.82) is 0 Å². The fourth-order valence-electron chi connectivity index (χ4n) is 2.86. The van der Waals surface area contributed by atoms with Gasteiger partial charge in [-0.1, -0.05) is 72.3 Å². The summed E-state index contributed by atoms with van der Waals surface area (Å²) >= 11 is 5.75. The van der Waals surface area contributed by atoms with Crippen LogP contribution in [-0.4, -0.2) is 16.4 Å². The topological polar surface area (TPSA) is 68.6 Å². The molecule has 0 aliphatic heterocycles. The number of hydrogen-bond donors (Lipinski definition) is 1. The predicted octanol–water partition coefficient (Wildman–Crippen LogP) is 5.73. The maximum Gasteiger partial charge on any atom is 0.168 e. The lowest BCUT2D eigenvalue weighted by Crippen LogP contribution is -2.01. The van der Waals surface area contributed by atoms with Crippen LogP contribution >= 0.6 is 11.6 Å². The van der Waals surface area contributed by atoms with E-state index in [0.717, 1.165) is 16.7 Å². The minimum absolute atomic E-state index is 0.325. The molecule has 0 spiro atoms. The fraction of sp³-hybridized carbons (Fsp3) is 0.0800. The average Bonchev–Trinajstić information content (AvgIpc) is 2.84. The highest BCUT2D eigenvalue weighted by molar-refractivity contribution is 6.29. The van der Waals surface area contributed by atoms with Crippen LogP contribution in [-0.2, 0) is 13.2 Å². The Kier molecular flexibility index (Phi) is 7.29. The minimum atomic E-state index is 0.325. The highest BCUT2D eigenvalue weighted by Crippen LogP contribution is 2.29. The first-order valence-corrected chi connectivity index (χ1v) is 10.4. The van der Waals surface area contributed by atoms with Crippen LogP contribution < -0.4 is 14.9 Å². The second kappa shape index (κ2) is 10.9. The zero-order chi connectivity index (χ0) is 22.0. The summed E-state index contributed by atoms with van der Waals surface area (Å²) in [6.07, 6.45) is 1.67. The molecule has 1 N–H and O–H groups in total. The van der Waals surface area contributed by atoms with Gasteiger partial charge in [-0.15, -0.1) is 10.2 Å². The van der Waals surface area contributed by atoms with E-state index >= 15 is 0 Å². The van der Waals surface area contributed by atoms with E-state index in [4.69, 9.17) is 21.1 Å². The van der Waals surface area contributed by atoms with Gasteiger partial charge in [0.25, 0.3) is 0 Å². The van der Waals surface area contributed by atoms with Crippen LogP contribution in [0.2, 0.25) is 5.15 Å². The van der Waals surface area contributed by atoms with Crippen molar-refractivity contribution in [3.05, 3.63) is 113 Å². The van der Waals surface area contributed by atoms with E-state index < -0.39 is 0 Å². The van der Waals surface area contributed by atoms with Gasteiger partial charge in [-0.2, -0.15) is 5.10 Å². The van der Waals surface area contributed by atoms with Gasteiger partial charge >= 0.3 is 0 Å². The van der Waals surface area contributed by atoms with Crippen molar-refractivity contribution in [2.24, 2.45) is 5.10 Å². The number of benzene rings is 3. The highest BCUT2D eigenvalue weighted by Gasteiger charge is 2.08. The molecule has 1 aromatic heterocycles. The zero-order valence-corrected chi connectivity index (χ0v) is 17.9. The van der Waals surface area contributed by atoms with Gasteiger partial charge in [0.2, 0.25) is 0 Å². The number of anilines is 1. The third kappa shape index (κ3) is 6.30. The van der Waals surface area contributed by atoms with Crippen molar-refractivity contribution in [2.75, 3.05) is 5.43 Å². The van der Waals surface area contributed by atoms with Gasteiger partial charge < -0.3 is 9.47 Å². The molecule has 0 bridgehead atoms. The van der Waals surface area contributed by atoms with Gasteiger partial charge in [0.05, 0.1) is 6.21 Å². The van der Waals surface area contributed by atoms with Crippen LogP contribution in [0.1, 0.15) is 16.7 Å². The van der Waals surface area contributed by atoms with Gasteiger partial charge in [0, 0.05) is 0 Å². The van der Waals surface area contributed by atoms with Crippen LogP contribution in [0.3, 0.4) is 0 Å². The summed E-state index contributed by atoms with van der Waals surface area (Å²) in [6.45, 7) is 0.883. The Bertz CT molecular complexity index is 1150.